The number of hydrogen-bond donors (Lipinski definition) is 0. The number of hydrogen-bond acceptors (Lipinski definition) is 4. The first-order chi connectivity index (χ1) is 9.67. The zero-order valence-corrected chi connectivity index (χ0v) is 12.8. The second-order valence-corrected chi connectivity index (χ2v) is 4.88. The number of carbonyl (C=O) groups excluding carboxylic acids is 1. The summed E-state index contributed by atoms with van der Waals surface area (Å²) in [6.45, 7) is 0. The van der Waals surface area contributed by atoms with Crippen molar-refractivity contribution in [3.63, 3.8) is 0 Å². The molecular formula is C15H14BrNO3. The number of Topliss-reactive ketones (excluding diaryl/α,β-unsaturated/α-hetero) is 1. The van der Waals surface area contributed by atoms with Crippen molar-refractivity contribution in [3.05, 3.63) is 52.3 Å². The molecule has 0 radical (unpaired) electrons. The van der Waals surface area contributed by atoms with Crippen LogP contribution in [0.2, 0.25) is 0 Å². The topological polar surface area (TPSA) is 48.4 Å². The number of rotatable bonds is 5. The molecule has 0 aliphatic heterocycles. The summed E-state index contributed by atoms with van der Waals surface area (Å²) >= 11 is 3.39. The van der Waals surface area contributed by atoms with Crippen LogP contribution in [-0.2, 0) is 6.42 Å². The molecule has 2 rings (SSSR count). The highest BCUT2D eigenvalue weighted by atomic mass is 79.9. The number of ketones is 1. The van der Waals surface area contributed by atoms with Crippen molar-refractivity contribution in [3.8, 4) is 11.5 Å². The van der Waals surface area contributed by atoms with Crippen molar-refractivity contribution >= 4 is 21.7 Å². The van der Waals surface area contributed by atoms with Crippen LogP contribution in [0.1, 0.15) is 16.1 Å². The Hall–Kier alpha value is -1.88. The molecule has 0 bridgehead atoms. The maximum absolute atomic E-state index is 12.4. The normalized spacial score (nSPS) is 10.2. The van der Waals surface area contributed by atoms with Crippen LogP contribution in [-0.4, -0.2) is 25.0 Å². The van der Waals surface area contributed by atoms with E-state index in [0.717, 1.165) is 5.69 Å². The van der Waals surface area contributed by atoms with Crippen molar-refractivity contribution < 1.29 is 14.3 Å². The van der Waals surface area contributed by atoms with Crippen LogP contribution in [0.25, 0.3) is 0 Å². The van der Waals surface area contributed by atoms with E-state index in [2.05, 4.69) is 20.9 Å². The first-order valence-electron chi connectivity index (χ1n) is 6.01. The summed E-state index contributed by atoms with van der Waals surface area (Å²) in [6, 6.07) is 8.93. The molecule has 0 unspecified atom stereocenters. The van der Waals surface area contributed by atoms with Crippen LogP contribution in [0.4, 0.5) is 0 Å². The summed E-state index contributed by atoms with van der Waals surface area (Å²) in [5.41, 5.74) is 1.23. The SMILES string of the molecule is COc1ccc(C(=O)Cc2ccccn2)c(OC)c1Br. The molecular weight excluding hydrogens is 322 g/mol. The zero-order chi connectivity index (χ0) is 14.5. The van der Waals surface area contributed by atoms with E-state index in [4.69, 9.17) is 9.47 Å². The van der Waals surface area contributed by atoms with Gasteiger partial charge in [0.2, 0.25) is 0 Å². The first-order valence-corrected chi connectivity index (χ1v) is 6.80. The average Bonchev–Trinajstić information content (AvgIpc) is 2.47. The maximum atomic E-state index is 12.4. The third-order valence-corrected chi connectivity index (χ3v) is 3.60. The molecule has 0 atom stereocenters. The number of carbonyl (C=O) groups is 1. The van der Waals surface area contributed by atoms with Gasteiger partial charge in [0.25, 0.3) is 0 Å². The lowest BCUT2D eigenvalue weighted by Crippen LogP contribution is -2.07. The summed E-state index contributed by atoms with van der Waals surface area (Å²) in [5.74, 6) is 1.05. The van der Waals surface area contributed by atoms with Crippen LogP contribution in [0.15, 0.2) is 41.0 Å². The van der Waals surface area contributed by atoms with Gasteiger partial charge in [-0.1, -0.05) is 6.07 Å². The lowest BCUT2D eigenvalue weighted by Gasteiger charge is -2.12. The van der Waals surface area contributed by atoms with Crippen LogP contribution in [0, 0.1) is 0 Å². The van der Waals surface area contributed by atoms with Crippen molar-refractivity contribution in [2.45, 2.75) is 6.42 Å². The zero-order valence-electron chi connectivity index (χ0n) is 11.2. The summed E-state index contributed by atoms with van der Waals surface area (Å²) in [6.07, 6.45) is 1.90. The molecule has 2 aromatic rings. The van der Waals surface area contributed by atoms with Crippen molar-refractivity contribution in [1.29, 1.82) is 0 Å². The Morgan fingerprint density at radius 3 is 2.60 bits per heavy atom. The molecule has 1 heterocycles. The fourth-order valence-electron chi connectivity index (χ4n) is 1.88. The van der Waals surface area contributed by atoms with Crippen molar-refractivity contribution in [2.75, 3.05) is 14.2 Å². The Kier molecular flexibility index (Phi) is 4.74. The minimum Gasteiger partial charge on any atom is -0.495 e. The fraction of sp³-hybridized carbons (Fsp3) is 0.200. The number of methoxy groups -OCH3 is 2. The molecule has 0 saturated carbocycles. The first kappa shape index (κ1) is 14.5. The molecule has 0 spiro atoms. The van der Waals surface area contributed by atoms with Crippen LogP contribution < -0.4 is 9.47 Å². The third-order valence-electron chi connectivity index (χ3n) is 2.85. The van der Waals surface area contributed by atoms with E-state index < -0.39 is 0 Å². The van der Waals surface area contributed by atoms with Gasteiger partial charge in [0.1, 0.15) is 16.0 Å². The van der Waals surface area contributed by atoms with Gasteiger partial charge in [0.15, 0.2) is 5.78 Å². The van der Waals surface area contributed by atoms with E-state index in [9.17, 15) is 4.79 Å². The number of nitrogens with zero attached hydrogens (tertiary/aromatic N) is 1. The molecule has 1 aromatic heterocycles. The van der Waals surface area contributed by atoms with Crippen LogP contribution in [0.5, 0.6) is 11.5 Å². The fourth-order valence-corrected chi connectivity index (χ4v) is 2.55. The lowest BCUT2D eigenvalue weighted by molar-refractivity contribution is 0.0989. The molecule has 0 amide bonds. The molecule has 4 nitrogen and oxygen atoms in total. The third kappa shape index (κ3) is 2.99. The highest BCUT2D eigenvalue weighted by molar-refractivity contribution is 9.10. The van der Waals surface area contributed by atoms with Crippen molar-refractivity contribution in [1.82, 2.24) is 4.98 Å². The molecule has 20 heavy (non-hydrogen) atoms. The van der Waals surface area contributed by atoms with Gasteiger partial charge in [-0.2, -0.15) is 0 Å². The Labute approximate surface area is 125 Å². The maximum Gasteiger partial charge on any atom is 0.172 e. The van der Waals surface area contributed by atoms with E-state index >= 15 is 0 Å². The van der Waals surface area contributed by atoms with Crippen LogP contribution >= 0.6 is 15.9 Å². The molecule has 0 aliphatic rings. The van der Waals surface area contributed by atoms with E-state index in [1.807, 2.05) is 18.2 Å². The second-order valence-electron chi connectivity index (χ2n) is 4.08. The van der Waals surface area contributed by atoms with Crippen molar-refractivity contribution in [2.24, 2.45) is 0 Å². The minimum atomic E-state index is -0.0519. The van der Waals surface area contributed by atoms with E-state index in [-0.39, 0.29) is 12.2 Å². The number of benzene rings is 1. The summed E-state index contributed by atoms with van der Waals surface area (Å²) in [7, 11) is 3.09. The molecule has 0 saturated heterocycles. The van der Waals surface area contributed by atoms with Gasteiger partial charge >= 0.3 is 0 Å². The quantitative estimate of drug-likeness (QED) is 0.786. The summed E-state index contributed by atoms with van der Waals surface area (Å²) in [4.78, 5) is 16.5. The Balaban J connectivity index is 2.33. The summed E-state index contributed by atoms with van der Waals surface area (Å²) in [5, 5.41) is 0. The standard InChI is InChI=1S/C15H14BrNO3/c1-19-13-7-6-11(15(20-2)14(13)16)12(18)9-10-5-3-4-8-17-10/h3-8H,9H2,1-2H3. The lowest BCUT2D eigenvalue weighted by atomic mass is 10.0. The smallest absolute Gasteiger partial charge is 0.172 e. The van der Waals surface area contributed by atoms with Gasteiger partial charge < -0.3 is 9.47 Å². The van der Waals surface area contributed by atoms with E-state index in [0.29, 0.717) is 21.5 Å². The molecule has 0 aliphatic carbocycles. The average molecular weight is 336 g/mol. The summed E-state index contributed by atoms with van der Waals surface area (Å²) < 4.78 is 11.1. The largest absolute Gasteiger partial charge is 0.495 e. The molecule has 1 aromatic carbocycles. The molecule has 0 N–H and O–H groups in total. The van der Waals surface area contributed by atoms with Gasteiger partial charge in [-0.3, -0.25) is 9.78 Å². The predicted octanol–water partition coefficient (Wildman–Crippen LogP) is 3.29. The monoisotopic (exact) mass is 335 g/mol. The van der Waals surface area contributed by atoms with Gasteiger partial charge in [-0.15, -0.1) is 0 Å². The number of ether oxygens (including phenoxy) is 2. The van der Waals surface area contributed by atoms with E-state index in [1.54, 1.807) is 25.4 Å². The van der Waals surface area contributed by atoms with E-state index in [1.165, 1.54) is 7.11 Å². The second kappa shape index (κ2) is 6.52. The Bertz CT molecular complexity index is 614. The Morgan fingerprint density at radius 2 is 2.00 bits per heavy atom. The molecule has 0 fully saturated rings. The minimum absolute atomic E-state index is 0.0519. The van der Waals surface area contributed by atoms with Gasteiger partial charge in [-0.25, -0.2) is 0 Å². The van der Waals surface area contributed by atoms with Gasteiger partial charge in [0, 0.05) is 11.9 Å². The van der Waals surface area contributed by atoms with Gasteiger partial charge in [0.05, 0.1) is 26.2 Å². The number of aromatic nitrogens is 1. The van der Waals surface area contributed by atoms with Gasteiger partial charge in [-0.05, 0) is 40.2 Å². The predicted molar refractivity (Wildman–Crippen MR) is 79.5 cm³/mol. The molecule has 104 valence electrons. The molecule has 5 heteroatoms. The Morgan fingerprint density at radius 1 is 1.20 bits per heavy atom. The highest BCUT2D eigenvalue weighted by Crippen LogP contribution is 2.37. The number of pyridine rings is 1. The van der Waals surface area contributed by atoms with Crippen LogP contribution in [0.3, 0.4) is 0 Å². The number of halogens is 1. The highest BCUT2D eigenvalue weighted by Gasteiger charge is 2.18.